The monoisotopic (exact) mass is 363 g/mol. The average Bonchev–Trinajstić information content (AvgIpc) is 3.16. The largest absolute Gasteiger partial charge is 0.469 e. The maximum absolute atomic E-state index is 12.5. The van der Waals surface area contributed by atoms with Gasteiger partial charge in [0.15, 0.2) is 5.82 Å². The number of furan rings is 1. The van der Waals surface area contributed by atoms with Gasteiger partial charge in [0, 0.05) is 6.04 Å². The molecule has 1 aliphatic rings. The molecule has 3 N–H and O–H groups in total. The molecule has 7 nitrogen and oxygen atoms in total. The SMILES string of the molecule is Cc1occc1-c1nnc(SC(C)C(=O)NC2CCCCC2C)n1N. The Bertz CT molecular complexity index is 741. The molecule has 0 saturated heterocycles. The lowest BCUT2D eigenvalue weighted by atomic mass is 9.86. The second-order valence-electron chi connectivity index (χ2n) is 6.70. The molecule has 3 atom stereocenters. The highest BCUT2D eigenvalue weighted by molar-refractivity contribution is 8.00. The van der Waals surface area contributed by atoms with Gasteiger partial charge in [-0.25, -0.2) is 4.68 Å². The normalized spacial score (nSPS) is 21.9. The van der Waals surface area contributed by atoms with Crippen molar-refractivity contribution in [3.8, 4) is 11.4 Å². The van der Waals surface area contributed by atoms with Gasteiger partial charge in [0.2, 0.25) is 11.1 Å². The average molecular weight is 363 g/mol. The van der Waals surface area contributed by atoms with E-state index in [0.29, 0.717) is 16.9 Å². The molecular weight excluding hydrogens is 338 g/mol. The fraction of sp³-hybridized carbons (Fsp3) is 0.588. The molecule has 25 heavy (non-hydrogen) atoms. The van der Waals surface area contributed by atoms with E-state index in [-0.39, 0.29) is 17.2 Å². The summed E-state index contributed by atoms with van der Waals surface area (Å²) >= 11 is 1.31. The standard InChI is InChI=1S/C17H25N5O2S/c1-10-6-4-5-7-14(10)19-16(23)12(3)25-17-21-20-15(22(17)18)13-8-9-24-11(13)2/h8-10,12,14H,4-7,18H2,1-3H3,(H,19,23). The third kappa shape index (κ3) is 3.84. The minimum absolute atomic E-state index is 0.0211. The number of rotatable bonds is 5. The summed E-state index contributed by atoms with van der Waals surface area (Å²) < 4.78 is 6.70. The first-order valence-corrected chi connectivity index (χ1v) is 9.57. The Balaban J connectivity index is 1.65. The van der Waals surface area contributed by atoms with Gasteiger partial charge in [-0.15, -0.1) is 10.2 Å². The number of hydrogen-bond donors (Lipinski definition) is 2. The Morgan fingerprint density at radius 3 is 2.88 bits per heavy atom. The third-order valence-corrected chi connectivity index (χ3v) is 5.91. The van der Waals surface area contributed by atoms with Gasteiger partial charge < -0.3 is 15.6 Å². The fourth-order valence-electron chi connectivity index (χ4n) is 3.20. The molecule has 0 aliphatic heterocycles. The predicted octanol–water partition coefficient (Wildman–Crippen LogP) is 2.74. The molecule has 2 heterocycles. The lowest BCUT2D eigenvalue weighted by Gasteiger charge is -2.30. The Hall–Kier alpha value is -1.96. The summed E-state index contributed by atoms with van der Waals surface area (Å²) in [4.78, 5) is 12.5. The number of carbonyl (C=O) groups is 1. The van der Waals surface area contributed by atoms with Crippen molar-refractivity contribution in [2.24, 2.45) is 5.92 Å². The quantitative estimate of drug-likeness (QED) is 0.626. The van der Waals surface area contributed by atoms with Crippen LogP contribution in [-0.4, -0.2) is 32.1 Å². The fourth-order valence-corrected chi connectivity index (χ4v) is 3.98. The number of nitrogens with two attached hydrogens (primary N) is 1. The van der Waals surface area contributed by atoms with E-state index in [1.165, 1.54) is 35.7 Å². The van der Waals surface area contributed by atoms with Crippen LogP contribution >= 0.6 is 11.8 Å². The highest BCUT2D eigenvalue weighted by Gasteiger charge is 2.26. The van der Waals surface area contributed by atoms with E-state index in [9.17, 15) is 4.79 Å². The minimum Gasteiger partial charge on any atom is -0.469 e. The van der Waals surface area contributed by atoms with Gasteiger partial charge >= 0.3 is 0 Å². The van der Waals surface area contributed by atoms with Crippen LogP contribution in [-0.2, 0) is 4.79 Å². The molecule has 1 fully saturated rings. The summed E-state index contributed by atoms with van der Waals surface area (Å²) in [7, 11) is 0. The van der Waals surface area contributed by atoms with Gasteiger partial charge in [-0.2, -0.15) is 0 Å². The van der Waals surface area contributed by atoms with Gasteiger partial charge in [0.25, 0.3) is 0 Å². The molecule has 2 aromatic rings. The van der Waals surface area contributed by atoms with E-state index in [1.807, 2.05) is 13.8 Å². The summed E-state index contributed by atoms with van der Waals surface area (Å²) in [5, 5.41) is 11.7. The number of hydrogen-bond acceptors (Lipinski definition) is 6. The molecule has 0 aromatic carbocycles. The third-order valence-electron chi connectivity index (χ3n) is 4.85. The van der Waals surface area contributed by atoms with Crippen LogP contribution in [0.2, 0.25) is 0 Å². The van der Waals surface area contributed by atoms with Crippen molar-refractivity contribution in [1.82, 2.24) is 20.2 Å². The van der Waals surface area contributed by atoms with E-state index >= 15 is 0 Å². The van der Waals surface area contributed by atoms with Gasteiger partial charge in [0.05, 0.1) is 17.1 Å². The van der Waals surface area contributed by atoms with E-state index in [2.05, 4.69) is 22.4 Å². The molecule has 8 heteroatoms. The van der Waals surface area contributed by atoms with Crippen LogP contribution in [0.3, 0.4) is 0 Å². The molecule has 0 spiro atoms. The van der Waals surface area contributed by atoms with E-state index < -0.39 is 0 Å². The molecule has 1 aliphatic carbocycles. The zero-order chi connectivity index (χ0) is 18.0. The first-order chi connectivity index (χ1) is 12.0. The van der Waals surface area contributed by atoms with Crippen LogP contribution in [0.1, 0.15) is 45.3 Å². The number of amides is 1. The summed E-state index contributed by atoms with van der Waals surface area (Å²) in [6, 6.07) is 2.07. The van der Waals surface area contributed by atoms with Gasteiger partial charge in [-0.05, 0) is 38.7 Å². The van der Waals surface area contributed by atoms with Gasteiger partial charge in [-0.3, -0.25) is 4.79 Å². The number of nitrogens with zero attached hydrogens (tertiary/aromatic N) is 3. The van der Waals surface area contributed by atoms with Crippen LogP contribution in [0, 0.1) is 12.8 Å². The van der Waals surface area contributed by atoms with Crippen molar-refractivity contribution in [3.63, 3.8) is 0 Å². The smallest absolute Gasteiger partial charge is 0.233 e. The number of nitrogen functional groups attached to an aromatic ring is 1. The van der Waals surface area contributed by atoms with Crippen LogP contribution in [0.4, 0.5) is 0 Å². The molecule has 2 aromatic heterocycles. The van der Waals surface area contributed by atoms with Gasteiger partial charge in [0.1, 0.15) is 5.76 Å². The topological polar surface area (TPSA) is 99.0 Å². The molecule has 136 valence electrons. The number of carbonyl (C=O) groups excluding carboxylic acids is 1. The number of aryl methyl sites for hydroxylation is 1. The van der Waals surface area contributed by atoms with Crippen LogP contribution in [0.15, 0.2) is 21.9 Å². The highest BCUT2D eigenvalue weighted by atomic mass is 32.2. The number of aromatic nitrogens is 3. The van der Waals surface area contributed by atoms with E-state index in [0.717, 1.165) is 17.7 Å². The first kappa shape index (κ1) is 17.8. The molecule has 1 amide bonds. The lowest BCUT2D eigenvalue weighted by Crippen LogP contribution is -2.44. The van der Waals surface area contributed by atoms with Crippen molar-refractivity contribution >= 4 is 17.7 Å². The van der Waals surface area contributed by atoms with Crippen molar-refractivity contribution in [2.45, 2.75) is 62.9 Å². The Morgan fingerprint density at radius 1 is 1.44 bits per heavy atom. The second-order valence-corrected chi connectivity index (χ2v) is 8.01. The Morgan fingerprint density at radius 2 is 2.20 bits per heavy atom. The Kier molecular flexibility index (Phi) is 5.36. The molecule has 0 bridgehead atoms. The van der Waals surface area contributed by atoms with Crippen molar-refractivity contribution < 1.29 is 9.21 Å². The number of thioether (sulfide) groups is 1. The van der Waals surface area contributed by atoms with Crippen molar-refractivity contribution in [2.75, 3.05) is 5.84 Å². The highest BCUT2D eigenvalue weighted by Crippen LogP contribution is 2.28. The summed E-state index contributed by atoms with van der Waals surface area (Å²) in [6.07, 6.45) is 6.26. The lowest BCUT2D eigenvalue weighted by molar-refractivity contribution is -0.121. The molecular formula is C17H25N5O2S. The van der Waals surface area contributed by atoms with Crippen molar-refractivity contribution in [1.29, 1.82) is 0 Å². The minimum atomic E-state index is -0.293. The summed E-state index contributed by atoms with van der Waals surface area (Å²) in [5.74, 6) is 7.93. The molecule has 1 saturated carbocycles. The summed E-state index contributed by atoms with van der Waals surface area (Å²) in [6.45, 7) is 5.92. The Labute approximate surface area is 151 Å². The predicted molar refractivity (Wildman–Crippen MR) is 97.5 cm³/mol. The maximum atomic E-state index is 12.5. The van der Waals surface area contributed by atoms with Gasteiger partial charge in [-0.1, -0.05) is 31.5 Å². The summed E-state index contributed by atoms with van der Waals surface area (Å²) in [5.41, 5.74) is 0.801. The molecule has 3 unspecified atom stereocenters. The zero-order valence-corrected chi connectivity index (χ0v) is 15.7. The first-order valence-electron chi connectivity index (χ1n) is 8.69. The van der Waals surface area contributed by atoms with Crippen molar-refractivity contribution in [3.05, 3.63) is 18.1 Å². The number of nitrogens with one attached hydrogen (secondary N) is 1. The van der Waals surface area contributed by atoms with E-state index in [1.54, 1.807) is 12.3 Å². The van der Waals surface area contributed by atoms with Crippen LogP contribution < -0.4 is 11.2 Å². The van der Waals surface area contributed by atoms with Crippen LogP contribution in [0.5, 0.6) is 0 Å². The maximum Gasteiger partial charge on any atom is 0.233 e. The van der Waals surface area contributed by atoms with E-state index in [4.69, 9.17) is 10.3 Å². The zero-order valence-electron chi connectivity index (χ0n) is 14.9. The van der Waals surface area contributed by atoms with Crippen LogP contribution in [0.25, 0.3) is 11.4 Å². The molecule has 0 radical (unpaired) electrons. The second kappa shape index (κ2) is 7.51. The molecule has 3 rings (SSSR count).